The topological polar surface area (TPSA) is 38.0 Å². The van der Waals surface area contributed by atoms with E-state index in [9.17, 15) is 0 Å². The van der Waals surface area contributed by atoms with Crippen LogP contribution in [0.25, 0.3) is 0 Å². The molecule has 2 atom stereocenters. The van der Waals surface area contributed by atoms with E-state index in [1.54, 1.807) is 11.3 Å². The highest BCUT2D eigenvalue weighted by atomic mass is 79.9. The number of rotatable bonds is 4. The molecule has 1 aromatic heterocycles. The molecule has 1 aromatic carbocycles. The van der Waals surface area contributed by atoms with E-state index in [4.69, 9.17) is 5.84 Å². The van der Waals surface area contributed by atoms with Crippen molar-refractivity contribution in [1.82, 2.24) is 5.43 Å². The molecule has 0 saturated carbocycles. The number of hydrogen-bond donors (Lipinski definition) is 2. The van der Waals surface area contributed by atoms with Crippen molar-refractivity contribution >= 4 is 27.3 Å². The summed E-state index contributed by atoms with van der Waals surface area (Å²) in [7, 11) is 0. The van der Waals surface area contributed by atoms with Gasteiger partial charge in [0.25, 0.3) is 0 Å². The van der Waals surface area contributed by atoms with Crippen LogP contribution in [0.1, 0.15) is 34.8 Å². The SMILES string of the molecule is NNC(Cc1sccc1Br)C1CCCc2ccccc21. The van der Waals surface area contributed by atoms with Crippen LogP contribution < -0.4 is 11.3 Å². The molecule has 4 heteroatoms. The van der Waals surface area contributed by atoms with E-state index in [0.717, 1.165) is 6.42 Å². The number of hydrazine groups is 1. The second-order valence-electron chi connectivity index (χ2n) is 5.37. The first kappa shape index (κ1) is 14.3. The number of fused-ring (bicyclic) bond motifs is 1. The molecule has 20 heavy (non-hydrogen) atoms. The summed E-state index contributed by atoms with van der Waals surface area (Å²) in [5.74, 6) is 6.38. The fourth-order valence-electron chi connectivity index (χ4n) is 3.20. The van der Waals surface area contributed by atoms with E-state index in [1.807, 2.05) is 0 Å². The van der Waals surface area contributed by atoms with Gasteiger partial charge in [-0.2, -0.15) is 0 Å². The number of aryl methyl sites for hydroxylation is 1. The smallest absolute Gasteiger partial charge is 0.0327 e. The fourth-order valence-corrected chi connectivity index (χ4v) is 4.77. The van der Waals surface area contributed by atoms with Crippen LogP contribution in [-0.2, 0) is 12.8 Å². The van der Waals surface area contributed by atoms with Gasteiger partial charge in [-0.25, -0.2) is 0 Å². The van der Waals surface area contributed by atoms with Gasteiger partial charge in [0.05, 0.1) is 0 Å². The summed E-state index contributed by atoms with van der Waals surface area (Å²) in [6.45, 7) is 0. The van der Waals surface area contributed by atoms with Crippen molar-refractivity contribution in [1.29, 1.82) is 0 Å². The van der Waals surface area contributed by atoms with Gasteiger partial charge >= 0.3 is 0 Å². The molecule has 0 spiro atoms. The lowest BCUT2D eigenvalue weighted by Crippen LogP contribution is -2.42. The molecule has 0 bridgehead atoms. The predicted molar refractivity (Wildman–Crippen MR) is 89.0 cm³/mol. The van der Waals surface area contributed by atoms with Crippen molar-refractivity contribution in [2.75, 3.05) is 0 Å². The Balaban J connectivity index is 1.85. The standard InChI is InChI=1S/C16H19BrN2S/c17-14-8-9-20-16(14)10-15(19-18)13-7-3-5-11-4-1-2-6-12(11)13/h1-2,4,6,8-9,13,15,19H,3,5,7,10,18H2. The molecule has 3 rings (SSSR count). The molecular weight excluding hydrogens is 332 g/mol. The molecule has 1 aliphatic carbocycles. The van der Waals surface area contributed by atoms with Gasteiger partial charge in [-0.1, -0.05) is 24.3 Å². The van der Waals surface area contributed by atoms with Crippen LogP contribution in [0, 0.1) is 0 Å². The molecule has 106 valence electrons. The molecule has 2 nitrogen and oxygen atoms in total. The maximum Gasteiger partial charge on any atom is 0.0327 e. The largest absolute Gasteiger partial charge is 0.271 e. The molecular formula is C16H19BrN2S. The first-order valence-corrected chi connectivity index (χ1v) is 8.72. The summed E-state index contributed by atoms with van der Waals surface area (Å²) in [4.78, 5) is 1.37. The highest BCUT2D eigenvalue weighted by Crippen LogP contribution is 2.36. The zero-order valence-electron chi connectivity index (χ0n) is 11.3. The van der Waals surface area contributed by atoms with E-state index in [1.165, 1.54) is 39.7 Å². The Hall–Kier alpha value is -0.680. The Morgan fingerprint density at radius 2 is 2.20 bits per heavy atom. The summed E-state index contributed by atoms with van der Waals surface area (Å²) >= 11 is 5.42. The summed E-state index contributed by atoms with van der Waals surface area (Å²) in [6.07, 6.45) is 4.65. The van der Waals surface area contributed by atoms with Crippen LogP contribution in [0.5, 0.6) is 0 Å². The number of halogens is 1. The second-order valence-corrected chi connectivity index (χ2v) is 7.22. The van der Waals surface area contributed by atoms with E-state index < -0.39 is 0 Å². The van der Waals surface area contributed by atoms with Crippen molar-refractivity contribution in [3.63, 3.8) is 0 Å². The van der Waals surface area contributed by atoms with Crippen molar-refractivity contribution in [2.45, 2.75) is 37.6 Å². The maximum atomic E-state index is 5.87. The average Bonchev–Trinajstić information content (AvgIpc) is 2.89. The van der Waals surface area contributed by atoms with E-state index in [2.05, 4.69) is 57.1 Å². The average molecular weight is 351 g/mol. The number of thiophene rings is 1. The minimum atomic E-state index is 0.298. The summed E-state index contributed by atoms with van der Waals surface area (Å²) in [5, 5.41) is 2.13. The molecule has 0 saturated heterocycles. The van der Waals surface area contributed by atoms with Crippen molar-refractivity contribution in [2.24, 2.45) is 5.84 Å². The van der Waals surface area contributed by atoms with Crippen LogP contribution in [0.2, 0.25) is 0 Å². The van der Waals surface area contributed by atoms with Crippen LogP contribution in [-0.4, -0.2) is 6.04 Å². The molecule has 3 N–H and O–H groups in total. The number of nitrogens with two attached hydrogens (primary N) is 1. The van der Waals surface area contributed by atoms with Gasteiger partial charge in [0, 0.05) is 27.7 Å². The second kappa shape index (κ2) is 6.39. The molecule has 1 aliphatic rings. The molecule has 2 aromatic rings. The number of nitrogens with one attached hydrogen (secondary N) is 1. The Labute approximate surface area is 132 Å². The molecule has 1 heterocycles. The lowest BCUT2D eigenvalue weighted by atomic mass is 9.78. The molecule has 0 radical (unpaired) electrons. The van der Waals surface area contributed by atoms with Gasteiger partial charge in [0.2, 0.25) is 0 Å². The first-order valence-electron chi connectivity index (χ1n) is 7.05. The monoisotopic (exact) mass is 350 g/mol. The van der Waals surface area contributed by atoms with Gasteiger partial charge in [-0.05, 0) is 57.8 Å². The minimum Gasteiger partial charge on any atom is -0.271 e. The highest BCUT2D eigenvalue weighted by Gasteiger charge is 2.27. The lowest BCUT2D eigenvalue weighted by molar-refractivity contribution is 0.396. The third kappa shape index (κ3) is 2.84. The van der Waals surface area contributed by atoms with Crippen LogP contribution in [0.4, 0.5) is 0 Å². The van der Waals surface area contributed by atoms with Gasteiger partial charge in [-0.15, -0.1) is 11.3 Å². The Bertz CT molecular complexity index is 581. The predicted octanol–water partition coefficient (Wildman–Crippen LogP) is 4.01. The summed E-state index contributed by atoms with van der Waals surface area (Å²) in [5.41, 5.74) is 6.04. The fraction of sp³-hybridized carbons (Fsp3) is 0.375. The van der Waals surface area contributed by atoms with Gasteiger partial charge in [0.15, 0.2) is 0 Å². The van der Waals surface area contributed by atoms with E-state index >= 15 is 0 Å². The van der Waals surface area contributed by atoms with Crippen LogP contribution in [0.3, 0.4) is 0 Å². The zero-order chi connectivity index (χ0) is 13.9. The van der Waals surface area contributed by atoms with Crippen molar-refractivity contribution in [3.05, 3.63) is 56.2 Å². The lowest BCUT2D eigenvalue weighted by Gasteiger charge is -2.32. The van der Waals surface area contributed by atoms with Crippen LogP contribution >= 0.6 is 27.3 Å². The maximum absolute atomic E-state index is 5.87. The molecule has 0 fully saturated rings. The quantitative estimate of drug-likeness (QED) is 0.645. The molecule has 0 amide bonds. The summed E-state index contributed by atoms with van der Waals surface area (Å²) < 4.78 is 1.20. The first-order chi connectivity index (χ1) is 9.79. The van der Waals surface area contributed by atoms with Gasteiger partial charge in [0.1, 0.15) is 0 Å². The van der Waals surface area contributed by atoms with Gasteiger partial charge < -0.3 is 0 Å². The third-order valence-corrected chi connectivity index (χ3v) is 6.16. The third-order valence-electron chi connectivity index (χ3n) is 4.21. The molecule has 0 aliphatic heterocycles. The Morgan fingerprint density at radius 3 is 2.95 bits per heavy atom. The van der Waals surface area contributed by atoms with E-state index in [-0.39, 0.29) is 0 Å². The zero-order valence-corrected chi connectivity index (χ0v) is 13.7. The van der Waals surface area contributed by atoms with Gasteiger partial charge in [-0.3, -0.25) is 11.3 Å². The van der Waals surface area contributed by atoms with Crippen LogP contribution in [0.15, 0.2) is 40.2 Å². The number of hydrogen-bond acceptors (Lipinski definition) is 3. The summed E-state index contributed by atoms with van der Waals surface area (Å²) in [6, 6.07) is 11.2. The van der Waals surface area contributed by atoms with Crippen molar-refractivity contribution in [3.8, 4) is 0 Å². The highest BCUT2D eigenvalue weighted by molar-refractivity contribution is 9.10. The number of benzene rings is 1. The Morgan fingerprint density at radius 1 is 1.35 bits per heavy atom. The Kier molecular flexibility index (Phi) is 4.56. The normalized spacial score (nSPS) is 19.6. The van der Waals surface area contributed by atoms with Crippen molar-refractivity contribution < 1.29 is 0 Å². The minimum absolute atomic E-state index is 0.298. The van der Waals surface area contributed by atoms with E-state index in [0.29, 0.717) is 12.0 Å². The molecule has 2 unspecified atom stereocenters.